The Hall–Kier alpha value is -1.29. The maximum atomic E-state index is 12.8. The van der Waals surface area contributed by atoms with Crippen molar-refractivity contribution in [3.8, 4) is 5.75 Å². The lowest BCUT2D eigenvalue weighted by Gasteiger charge is -2.27. The first-order valence-corrected chi connectivity index (χ1v) is 6.92. The predicted octanol–water partition coefficient (Wildman–Crippen LogP) is 3.06. The van der Waals surface area contributed by atoms with Gasteiger partial charge in [-0.2, -0.15) is 0 Å². The molecule has 104 valence electrons. The number of benzene rings is 1. The van der Waals surface area contributed by atoms with Gasteiger partial charge in [0.25, 0.3) is 5.91 Å². The van der Waals surface area contributed by atoms with E-state index in [0.29, 0.717) is 6.54 Å². The van der Waals surface area contributed by atoms with E-state index in [1.54, 1.807) is 0 Å². The SMILES string of the molecule is O=C(NCC1CCCCC1Cl)c1ccc(F)cc1O. The topological polar surface area (TPSA) is 49.3 Å². The molecule has 0 aliphatic heterocycles. The predicted molar refractivity (Wildman–Crippen MR) is 72.0 cm³/mol. The van der Waals surface area contributed by atoms with Gasteiger partial charge in [-0.05, 0) is 30.9 Å². The van der Waals surface area contributed by atoms with Crippen LogP contribution in [0.2, 0.25) is 0 Å². The van der Waals surface area contributed by atoms with Crippen LogP contribution in [0.3, 0.4) is 0 Å². The Morgan fingerprint density at radius 3 is 2.84 bits per heavy atom. The lowest BCUT2D eigenvalue weighted by Crippen LogP contribution is -2.34. The molecule has 1 aromatic carbocycles. The van der Waals surface area contributed by atoms with Crippen molar-refractivity contribution in [2.24, 2.45) is 5.92 Å². The van der Waals surface area contributed by atoms with E-state index in [1.807, 2.05) is 0 Å². The summed E-state index contributed by atoms with van der Waals surface area (Å²) < 4.78 is 12.8. The summed E-state index contributed by atoms with van der Waals surface area (Å²) in [5.41, 5.74) is 0.0864. The molecule has 0 bridgehead atoms. The van der Waals surface area contributed by atoms with Gasteiger partial charge >= 0.3 is 0 Å². The highest BCUT2D eigenvalue weighted by Crippen LogP contribution is 2.28. The number of hydrogen-bond acceptors (Lipinski definition) is 2. The molecule has 2 rings (SSSR count). The summed E-state index contributed by atoms with van der Waals surface area (Å²) in [6.45, 7) is 0.490. The zero-order valence-corrected chi connectivity index (χ0v) is 11.3. The van der Waals surface area contributed by atoms with Crippen LogP contribution in [0.25, 0.3) is 0 Å². The van der Waals surface area contributed by atoms with Crippen LogP contribution in [0.4, 0.5) is 4.39 Å². The molecule has 0 spiro atoms. The number of nitrogens with one attached hydrogen (secondary N) is 1. The van der Waals surface area contributed by atoms with Crippen LogP contribution in [-0.4, -0.2) is 22.9 Å². The van der Waals surface area contributed by atoms with Gasteiger partial charge in [-0.1, -0.05) is 12.8 Å². The minimum Gasteiger partial charge on any atom is -0.507 e. The van der Waals surface area contributed by atoms with Crippen molar-refractivity contribution in [1.82, 2.24) is 5.32 Å². The van der Waals surface area contributed by atoms with E-state index in [4.69, 9.17) is 11.6 Å². The van der Waals surface area contributed by atoms with Gasteiger partial charge in [0.2, 0.25) is 0 Å². The fourth-order valence-electron chi connectivity index (χ4n) is 2.41. The molecule has 1 saturated carbocycles. The number of carbonyl (C=O) groups excluding carboxylic acids is 1. The zero-order chi connectivity index (χ0) is 13.8. The maximum Gasteiger partial charge on any atom is 0.255 e. The smallest absolute Gasteiger partial charge is 0.255 e. The molecule has 1 aliphatic carbocycles. The number of aromatic hydroxyl groups is 1. The average molecular weight is 286 g/mol. The first-order chi connectivity index (χ1) is 9.08. The Balaban J connectivity index is 1.93. The standard InChI is InChI=1S/C14H17ClFNO2/c15-12-4-2-1-3-9(12)8-17-14(19)11-6-5-10(16)7-13(11)18/h5-7,9,12,18H,1-4,8H2,(H,17,19). The van der Waals surface area contributed by atoms with Crippen molar-refractivity contribution >= 4 is 17.5 Å². The summed E-state index contributed by atoms with van der Waals surface area (Å²) in [6.07, 6.45) is 4.25. The first kappa shape index (κ1) is 14.1. The number of alkyl halides is 1. The van der Waals surface area contributed by atoms with Gasteiger partial charge < -0.3 is 10.4 Å². The van der Waals surface area contributed by atoms with Crippen molar-refractivity contribution in [2.45, 2.75) is 31.1 Å². The van der Waals surface area contributed by atoms with Crippen LogP contribution in [-0.2, 0) is 0 Å². The third-order valence-corrected chi connectivity index (χ3v) is 4.12. The number of rotatable bonds is 3. The van der Waals surface area contributed by atoms with Crippen LogP contribution in [0.1, 0.15) is 36.0 Å². The summed E-state index contributed by atoms with van der Waals surface area (Å²) in [6, 6.07) is 3.36. The van der Waals surface area contributed by atoms with Gasteiger partial charge in [0, 0.05) is 18.0 Å². The maximum absolute atomic E-state index is 12.8. The molecule has 1 aromatic rings. The van der Waals surface area contributed by atoms with Crippen molar-refractivity contribution in [3.05, 3.63) is 29.6 Å². The highest BCUT2D eigenvalue weighted by atomic mass is 35.5. The summed E-state index contributed by atoms with van der Waals surface area (Å²) in [5.74, 6) is -1.04. The fourth-order valence-corrected chi connectivity index (χ4v) is 2.78. The van der Waals surface area contributed by atoms with E-state index < -0.39 is 11.7 Å². The van der Waals surface area contributed by atoms with E-state index in [0.717, 1.165) is 37.8 Å². The molecule has 19 heavy (non-hydrogen) atoms. The molecule has 1 fully saturated rings. The molecule has 1 amide bonds. The normalized spacial score (nSPS) is 23.1. The third kappa shape index (κ3) is 3.60. The van der Waals surface area contributed by atoms with Crippen molar-refractivity contribution in [3.63, 3.8) is 0 Å². The van der Waals surface area contributed by atoms with Crippen molar-refractivity contribution in [1.29, 1.82) is 0 Å². The summed E-state index contributed by atoms with van der Waals surface area (Å²) >= 11 is 6.21. The highest BCUT2D eigenvalue weighted by Gasteiger charge is 2.24. The van der Waals surface area contributed by atoms with Gasteiger partial charge in [0.15, 0.2) is 0 Å². The molecule has 0 saturated heterocycles. The Bertz CT molecular complexity index is 467. The number of halogens is 2. The Morgan fingerprint density at radius 2 is 2.16 bits per heavy atom. The second-order valence-electron chi connectivity index (χ2n) is 4.93. The number of amides is 1. The van der Waals surface area contributed by atoms with Crippen LogP contribution in [0.5, 0.6) is 5.75 Å². The lowest BCUT2D eigenvalue weighted by molar-refractivity contribution is 0.0941. The van der Waals surface area contributed by atoms with Crippen molar-refractivity contribution in [2.75, 3.05) is 6.54 Å². The number of phenolic OH excluding ortho intramolecular Hbond substituents is 1. The average Bonchev–Trinajstić information content (AvgIpc) is 2.37. The fraction of sp³-hybridized carbons (Fsp3) is 0.500. The summed E-state index contributed by atoms with van der Waals surface area (Å²) in [7, 11) is 0. The first-order valence-electron chi connectivity index (χ1n) is 6.48. The van der Waals surface area contributed by atoms with Gasteiger partial charge in [-0.15, -0.1) is 11.6 Å². The Labute approximate surface area is 116 Å². The monoisotopic (exact) mass is 285 g/mol. The molecule has 0 radical (unpaired) electrons. The summed E-state index contributed by atoms with van der Waals surface area (Å²) in [5, 5.41) is 12.4. The molecular weight excluding hydrogens is 269 g/mol. The molecule has 0 aromatic heterocycles. The summed E-state index contributed by atoms with van der Waals surface area (Å²) in [4.78, 5) is 11.9. The molecular formula is C14H17ClFNO2. The zero-order valence-electron chi connectivity index (χ0n) is 10.5. The quantitative estimate of drug-likeness (QED) is 0.839. The Morgan fingerprint density at radius 1 is 1.42 bits per heavy atom. The van der Waals surface area contributed by atoms with Crippen LogP contribution in [0.15, 0.2) is 18.2 Å². The van der Waals surface area contributed by atoms with E-state index in [2.05, 4.69) is 5.32 Å². The number of carbonyl (C=O) groups is 1. The third-order valence-electron chi connectivity index (χ3n) is 3.55. The molecule has 0 heterocycles. The van der Waals surface area contributed by atoms with E-state index in [1.165, 1.54) is 6.07 Å². The minimum atomic E-state index is -0.567. The van der Waals surface area contributed by atoms with E-state index in [-0.39, 0.29) is 22.6 Å². The number of phenols is 1. The molecule has 2 N–H and O–H groups in total. The van der Waals surface area contributed by atoms with Crippen LogP contribution in [0, 0.1) is 11.7 Å². The van der Waals surface area contributed by atoms with Crippen LogP contribution >= 0.6 is 11.6 Å². The van der Waals surface area contributed by atoms with E-state index >= 15 is 0 Å². The molecule has 2 unspecified atom stereocenters. The van der Waals surface area contributed by atoms with Crippen molar-refractivity contribution < 1.29 is 14.3 Å². The van der Waals surface area contributed by atoms with E-state index in [9.17, 15) is 14.3 Å². The van der Waals surface area contributed by atoms with Gasteiger partial charge in [-0.25, -0.2) is 4.39 Å². The number of hydrogen-bond donors (Lipinski definition) is 2. The molecule has 5 heteroatoms. The largest absolute Gasteiger partial charge is 0.507 e. The Kier molecular flexibility index (Phi) is 4.64. The molecule has 1 aliphatic rings. The van der Waals surface area contributed by atoms with Gasteiger partial charge in [-0.3, -0.25) is 4.79 Å². The molecule has 3 nitrogen and oxygen atoms in total. The van der Waals surface area contributed by atoms with Gasteiger partial charge in [0.05, 0.1) is 5.56 Å². The molecule has 2 atom stereocenters. The lowest BCUT2D eigenvalue weighted by atomic mass is 9.88. The van der Waals surface area contributed by atoms with Crippen LogP contribution < -0.4 is 5.32 Å². The second kappa shape index (κ2) is 6.24. The second-order valence-corrected chi connectivity index (χ2v) is 5.49. The van der Waals surface area contributed by atoms with Gasteiger partial charge in [0.1, 0.15) is 11.6 Å². The highest BCUT2D eigenvalue weighted by molar-refractivity contribution is 6.20. The minimum absolute atomic E-state index is 0.0864.